The van der Waals surface area contributed by atoms with Crippen LogP contribution in [0.5, 0.6) is 0 Å². The van der Waals surface area contributed by atoms with E-state index in [9.17, 15) is 18.8 Å². The molecule has 170 valence electrons. The molecule has 8 nitrogen and oxygen atoms in total. The maximum Gasteiger partial charge on any atom is 0.333 e. The largest absolute Gasteiger partial charge is 0.348 e. The van der Waals surface area contributed by atoms with Crippen molar-refractivity contribution in [1.29, 1.82) is 0 Å². The smallest absolute Gasteiger partial charge is 0.333 e. The number of hydrogen-bond donors (Lipinski definition) is 1. The molecule has 2 heterocycles. The van der Waals surface area contributed by atoms with Gasteiger partial charge in [0.1, 0.15) is 12.4 Å². The van der Waals surface area contributed by atoms with Crippen LogP contribution >= 0.6 is 0 Å². The average molecular weight is 449 g/mol. The highest BCUT2D eigenvalue weighted by Gasteiger charge is 2.21. The summed E-state index contributed by atoms with van der Waals surface area (Å²) < 4.78 is 18.0. The number of carbonyl (C=O) groups excluding carboxylic acids is 1. The summed E-state index contributed by atoms with van der Waals surface area (Å²) in [4.78, 5) is 43.5. The van der Waals surface area contributed by atoms with Gasteiger partial charge in [-0.3, -0.25) is 14.2 Å². The van der Waals surface area contributed by atoms with Gasteiger partial charge in [0.25, 0.3) is 5.56 Å². The molecule has 0 aliphatic carbocycles. The van der Waals surface area contributed by atoms with Crippen molar-refractivity contribution in [1.82, 2.24) is 24.0 Å². The molecular formula is C24H24FN5O3. The lowest BCUT2D eigenvalue weighted by atomic mass is 10.1. The summed E-state index contributed by atoms with van der Waals surface area (Å²) >= 11 is 0. The van der Waals surface area contributed by atoms with E-state index in [1.54, 1.807) is 29.7 Å². The van der Waals surface area contributed by atoms with Crippen molar-refractivity contribution in [2.24, 2.45) is 0 Å². The molecule has 1 atom stereocenters. The van der Waals surface area contributed by atoms with E-state index in [0.29, 0.717) is 12.1 Å². The summed E-state index contributed by atoms with van der Waals surface area (Å²) in [6, 6.07) is 14.8. The number of rotatable bonds is 7. The summed E-state index contributed by atoms with van der Waals surface area (Å²) in [6.07, 6.45) is 1.51. The van der Waals surface area contributed by atoms with E-state index in [2.05, 4.69) is 10.3 Å². The van der Waals surface area contributed by atoms with Crippen molar-refractivity contribution < 1.29 is 9.18 Å². The molecule has 33 heavy (non-hydrogen) atoms. The summed E-state index contributed by atoms with van der Waals surface area (Å²) in [5.41, 5.74) is 0.475. The minimum absolute atomic E-state index is 0.199. The van der Waals surface area contributed by atoms with Crippen LogP contribution in [0.4, 0.5) is 4.39 Å². The van der Waals surface area contributed by atoms with Crippen LogP contribution in [-0.4, -0.2) is 24.6 Å². The van der Waals surface area contributed by atoms with Crippen molar-refractivity contribution in [2.45, 2.75) is 39.5 Å². The monoisotopic (exact) mass is 449 g/mol. The Balaban J connectivity index is 1.72. The highest BCUT2D eigenvalue weighted by atomic mass is 19.1. The normalized spacial score (nSPS) is 12.1. The van der Waals surface area contributed by atoms with Crippen LogP contribution in [0.25, 0.3) is 11.2 Å². The first-order valence-corrected chi connectivity index (χ1v) is 10.7. The summed E-state index contributed by atoms with van der Waals surface area (Å²) in [6.45, 7) is 3.69. The predicted molar refractivity (Wildman–Crippen MR) is 122 cm³/mol. The fourth-order valence-electron chi connectivity index (χ4n) is 3.86. The Morgan fingerprint density at radius 1 is 1.06 bits per heavy atom. The molecule has 9 heteroatoms. The van der Waals surface area contributed by atoms with Gasteiger partial charge >= 0.3 is 5.69 Å². The Morgan fingerprint density at radius 3 is 2.45 bits per heavy atom. The number of nitrogens with one attached hydrogen (secondary N) is 1. The van der Waals surface area contributed by atoms with Crippen molar-refractivity contribution >= 4 is 17.1 Å². The fourth-order valence-corrected chi connectivity index (χ4v) is 3.86. The van der Waals surface area contributed by atoms with Gasteiger partial charge in [0.15, 0.2) is 11.2 Å². The van der Waals surface area contributed by atoms with Crippen molar-refractivity contribution in [3.8, 4) is 0 Å². The molecule has 4 rings (SSSR count). The molecule has 2 aromatic carbocycles. The van der Waals surface area contributed by atoms with E-state index in [-0.39, 0.29) is 17.7 Å². The third-order valence-corrected chi connectivity index (χ3v) is 5.56. The van der Waals surface area contributed by atoms with E-state index in [1.165, 1.54) is 17.0 Å². The molecule has 2 aromatic heterocycles. The molecule has 0 radical (unpaired) electrons. The number of benzene rings is 2. The number of nitrogens with zero attached hydrogens (tertiary/aromatic N) is 4. The van der Waals surface area contributed by atoms with Crippen LogP contribution in [0.3, 0.4) is 0 Å². The molecule has 1 N–H and O–H groups in total. The van der Waals surface area contributed by atoms with Gasteiger partial charge in [0.2, 0.25) is 5.91 Å². The topological polar surface area (TPSA) is 90.9 Å². The Bertz CT molecular complexity index is 1420. The zero-order chi connectivity index (χ0) is 23.5. The van der Waals surface area contributed by atoms with Gasteiger partial charge in [-0.15, -0.1) is 0 Å². The molecule has 0 saturated heterocycles. The van der Waals surface area contributed by atoms with Crippen LogP contribution in [0.15, 0.2) is 70.5 Å². The van der Waals surface area contributed by atoms with Gasteiger partial charge < -0.3 is 9.88 Å². The maximum atomic E-state index is 14.1. The number of aromatic nitrogens is 4. The second kappa shape index (κ2) is 9.23. The molecule has 0 saturated carbocycles. The summed E-state index contributed by atoms with van der Waals surface area (Å²) in [5, 5.41) is 2.67. The third-order valence-electron chi connectivity index (χ3n) is 5.56. The number of carbonyl (C=O) groups is 1. The van der Waals surface area contributed by atoms with E-state index in [0.717, 1.165) is 10.1 Å². The zero-order valence-electron chi connectivity index (χ0n) is 18.4. The lowest BCUT2D eigenvalue weighted by molar-refractivity contribution is -0.122. The predicted octanol–water partition coefficient (Wildman–Crippen LogP) is 2.44. The zero-order valence-corrected chi connectivity index (χ0v) is 18.4. The minimum Gasteiger partial charge on any atom is -0.348 e. The van der Waals surface area contributed by atoms with Gasteiger partial charge in [-0.05, 0) is 25.5 Å². The second-order valence-electron chi connectivity index (χ2n) is 7.76. The van der Waals surface area contributed by atoms with Crippen LogP contribution in [0, 0.1) is 5.82 Å². The number of fused-ring (bicyclic) bond motifs is 1. The maximum absolute atomic E-state index is 14.1. The molecule has 1 amide bonds. The van der Waals surface area contributed by atoms with E-state index < -0.39 is 35.6 Å². The van der Waals surface area contributed by atoms with Crippen LogP contribution < -0.4 is 16.6 Å². The highest BCUT2D eigenvalue weighted by Crippen LogP contribution is 2.16. The molecule has 0 unspecified atom stereocenters. The van der Waals surface area contributed by atoms with Gasteiger partial charge in [0, 0.05) is 12.1 Å². The standard InChI is InChI=1S/C24H24FN5O3/c1-3-28-15-26-22-21(28)23(32)30(24(33)29(22)13-17-9-5-4-6-10-17)14-20(31)27-16(2)18-11-7-8-12-19(18)25/h4-12,15-16H,3,13-14H2,1-2H3,(H,27,31)/t16-/m0/s1. The third kappa shape index (κ3) is 4.34. The molecule has 0 spiro atoms. The minimum atomic E-state index is -0.633. The van der Waals surface area contributed by atoms with Crippen LogP contribution in [0.2, 0.25) is 0 Å². The average Bonchev–Trinajstić information content (AvgIpc) is 3.24. The SMILES string of the molecule is CCn1cnc2c1c(=O)n(CC(=O)N[C@@H](C)c1ccccc1F)c(=O)n2Cc1ccccc1. The number of amides is 1. The van der Waals surface area contributed by atoms with Crippen LogP contribution in [0.1, 0.15) is 31.0 Å². The van der Waals surface area contributed by atoms with Gasteiger partial charge in [-0.2, -0.15) is 0 Å². The molecular weight excluding hydrogens is 425 g/mol. The van der Waals surface area contributed by atoms with Crippen molar-refractivity contribution in [3.05, 3.63) is 98.7 Å². The first kappa shape index (κ1) is 22.2. The van der Waals surface area contributed by atoms with E-state index in [4.69, 9.17) is 0 Å². The van der Waals surface area contributed by atoms with Crippen molar-refractivity contribution in [3.63, 3.8) is 0 Å². The fraction of sp³-hybridized carbons (Fsp3) is 0.250. The molecule has 0 bridgehead atoms. The number of hydrogen-bond acceptors (Lipinski definition) is 4. The highest BCUT2D eigenvalue weighted by molar-refractivity contribution is 5.77. The lowest BCUT2D eigenvalue weighted by Gasteiger charge is -2.16. The summed E-state index contributed by atoms with van der Waals surface area (Å²) in [7, 11) is 0. The lowest BCUT2D eigenvalue weighted by Crippen LogP contribution is -2.44. The number of halogens is 1. The Hall–Kier alpha value is -4.01. The molecule has 0 fully saturated rings. The van der Waals surface area contributed by atoms with Gasteiger partial charge in [-0.1, -0.05) is 48.5 Å². The molecule has 0 aliphatic heterocycles. The number of aryl methyl sites for hydroxylation is 1. The quantitative estimate of drug-likeness (QED) is 0.469. The molecule has 4 aromatic rings. The van der Waals surface area contributed by atoms with E-state index in [1.807, 2.05) is 37.3 Å². The molecule has 0 aliphatic rings. The second-order valence-corrected chi connectivity index (χ2v) is 7.76. The number of imidazole rings is 1. The summed E-state index contributed by atoms with van der Waals surface area (Å²) in [5.74, 6) is -1.01. The first-order valence-electron chi connectivity index (χ1n) is 10.7. The van der Waals surface area contributed by atoms with Crippen LogP contribution in [-0.2, 0) is 24.4 Å². The van der Waals surface area contributed by atoms with Gasteiger partial charge in [0.05, 0.1) is 18.9 Å². The van der Waals surface area contributed by atoms with Crippen molar-refractivity contribution in [2.75, 3.05) is 0 Å². The van der Waals surface area contributed by atoms with Gasteiger partial charge in [-0.25, -0.2) is 18.7 Å². The van der Waals surface area contributed by atoms with E-state index >= 15 is 0 Å². The Kier molecular flexibility index (Phi) is 6.21. The first-order chi connectivity index (χ1) is 15.9. The Morgan fingerprint density at radius 2 is 1.76 bits per heavy atom. The Labute approximate surface area is 188 Å².